The predicted molar refractivity (Wildman–Crippen MR) is 71.5 cm³/mol. The molecule has 0 aromatic carbocycles. The first kappa shape index (κ1) is 13.8. The summed E-state index contributed by atoms with van der Waals surface area (Å²) in [7, 11) is -0.749. The molecule has 0 aliphatic carbocycles. The van der Waals surface area contributed by atoms with Crippen LogP contribution >= 0.6 is 11.3 Å². The van der Waals surface area contributed by atoms with Gasteiger partial charge in [-0.05, 0) is 27.7 Å². The number of nitrogens with one attached hydrogen (secondary N) is 1. The van der Waals surface area contributed by atoms with Crippen LogP contribution in [0.2, 0.25) is 0 Å². The summed E-state index contributed by atoms with van der Waals surface area (Å²) in [6.07, 6.45) is 1.74. The smallest absolute Gasteiger partial charge is 0.0900 e. The van der Waals surface area contributed by atoms with E-state index in [0.29, 0.717) is 5.75 Å². The van der Waals surface area contributed by atoms with Crippen LogP contribution in [-0.2, 0) is 10.8 Å². The molecule has 1 rings (SSSR count). The zero-order valence-corrected chi connectivity index (χ0v) is 12.2. The Morgan fingerprint density at radius 3 is 2.50 bits per heavy atom. The molecule has 0 spiro atoms. The third kappa shape index (κ3) is 3.96. The number of hydrogen-bond donors (Lipinski definition) is 1. The van der Waals surface area contributed by atoms with Crippen LogP contribution in [0.1, 0.15) is 35.5 Å². The standard InChI is InChI=1S/C11H20N2OS2/c1-7(6-16(5)14)12-8(2)11-9(3)15-10(4)13-11/h7-8,12H,6H2,1-5H3. The van der Waals surface area contributed by atoms with Crippen molar-refractivity contribution in [1.29, 1.82) is 0 Å². The molecule has 16 heavy (non-hydrogen) atoms. The van der Waals surface area contributed by atoms with E-state index in [0.717, 1.165) is 10.7 Å². The van der Waals surface area contributed by atoms with Gasteiger partial charge in [-0.3, -0.25) is 4.21 Å². The van der Waals surface area contributed by atoms with Gasteiger partial charge in [0.25, 0.3) is 0 Å². The van der Waals surface area contributed by atoms with Crippen molar-refractivity contribution in [3.8, 4) is 0 Å². The number of nitrogens with zero attached hydrogens (tertiary/aromatic N) is 1. The largest absolute Gasteiger partial charge is 0.305 e. The van der Waals surface area contributed by atoms with Gasteiger partial charge in [-0.2, -0.15) is 0 Å². The second-order valence-corrected chi connectivity index (χ2v) is 7.09. The van der Waals surface area contributed by atoms with Crippen LogP contribution in [-0.4, -0.2) is 27.2 Å². The van der Waals surface area contributed by atoms with Crippen molar-refractivity contribution in [1.82, 2.24) is 10.3 Å². The maximum absolute atomic E-state index is 11.1. The van der Waals surface area contributed by atoms with Gasteiger partial charge < -0.3 is 5.32 Å². The maximum Gasteiger partial charge on any atom is 0.0900 e. The summed E-state index contributed by atoms with van der Waals surface area (Å²) in [5.74, 6) is 0.687. The Balaban J connectivity index is 2.61. The van der Waals surface area contributed by atoms with Crippen molar-refractivity contribution in [3.63, 3.8) is 0 Å². The molecule has 3 unspecified atom stereocenters. The lowest BCUT2D eigenvalue weighted by atomic mass is 10.2. The van der Waals surface area contributed by atoms with Crippen LogP contribution in [0.5, 0.6) is 0 Å². The van der Waals surface area contributed by atoms with Crippen LogP contribution < -0.4 is 5.32 Å². The summed E-state index contributed by atoms with van der Waals surface area (Å²) in [4.78, 5) is 5.79. The van der Waals surface area contributed by atoms with Crippen molar-refractivity contribution >= 4 is 22.1 Å². The number of thiazole rings is 1. The molecule has 3 nitrogen and oxygen atoms in total. The minimum absolute atomic E-state index is 0.225. The Kier molecular flexibility index (Phi) is 5.08. The van der Waals surface area contributed by atoms with Crippen LogP contribution in [0.25, 0.3) is 0 Å². The van der Waals surface area contributed by atoms with E-state index in [2.05, 4.69) is 31.1 Å². The first-order valence-corrected chi connectivity index (χ1v) is 7.94. The third-order valence-corrected chi connectivity index (χ3v) is 4.24. The Morgan fingerprint density at radius 2 is 2.06 bits per heavy atom. The second-order valence-electron chi connectivity index (χ2n) is 4.20. The van der Waals surface area contributed by atoms with Crippen molar-refractivity contribution in [3.05, 3.63) is 15.6 Å². The summed E-state index contributed by atoms with van der Waals surface area (Å²) in [6.45, 7) is 8.29. The summed E-state index contributed by atoms with van der Waals surface area (Å²) < 4.78 is 11.1. The minimum Gasteiger partial charge on any atom is -0.305 e. The lowest BCUT2D eigenvalue weighted by molar-refractivity contribution is 0.499. The molecule has 0 amide bonds. The van der Waals surface area contributed by atoms with E-state index in [4.69, 9.17) is 0 Å². The summed E-state index contributed by atoms with van der Waals surface area (Å²) in [5.41, 5.74) is 1.12. The zero-order valence-electron chi connectivity index (χ0n) is 10.5. The van der Waals surface area contributed by atoms with E-state index in [9.17, 15) is 4.21 Å². The highest BCUT2D eigenvalue weighted by Crippen LogP contribution is 2.22. The molecule has 1 aromatic rings. The summed E-state index contributed by atoms with van der Waals surface area (Å²) >= 11 is 1.73. The molecular weight excluding hydrogens is 240 g/mol. The van der Waals surface area contributed by atoms with Crippen LogP contribution in [0.3, 0.4) is 0 Å². The molecule has 1 aromatic heterocycles. The van der Waals surface area contributed by atoms with E-state index in [1.54, 1.807) is 17.6 Å². The molecule has 0 bridgehead atoms. The summed E-state index contributed by atoms with van der Waals surface area (Å²) in [5, 5.41) is 4.54. The normalized spacial score (nSPS) is 17.1. The van der Waals surface area contributed by atoms with Crippen molar-refractivity contribution in [2.45, 2.75) is 39.8 Å². The van der Waals surface area contributed by atoms with Gasteiger partial charge in [0, 0.05) is 39.8 Å². The number of aromatic nitrogens is 1. The average Bonchev–Trinajstić information content (AvgIpc) is 2.43. The number of hydrogen-bond acceptors (Lipinski definition) is 4. The molecular formula is C11H20N2OS2. The van der Waals surface area contributed by atoms with E-state index < -0.39 is 10.8 Å². The van der Waals surface area contributed by atoms with Crippen molar-refractivity contribution < 1.29 is 4.21 Å². The molecule has 0 aliphatic rings. The molecule has 0 fully saturated rings. The van der Waals surface area contributed by atoms with E-state index in [1.165, 1.54) is 4.88 Å². The fourth-order valence-electron chi connectivity index (χ4n) is 1.85. The SMILES string of the molecule is Cc1nc(C(C)NC(C)CS(C)=O)c(C)s1. The second kappa shape index (κ2) is 5.89. The molecule has 92 valence electrons. The van der Waals surface area contributed by atoms with E-state index in [1.807, 2.05) is 6.92 Å². The zero-order chi connectivity index (χ0) is 12.3. The topological polar surface area (TPSA) is 42.0 Å². The molecule has 0 saturated heterocycles. The Hall–Kier alpha value is -0.260. The third-order valence-electron chi connectivity index (χ3n) is 2.37. The van der Waals surface area contributed by atoms with Crippen molar-refractivity contribution in [2.24, 2.45) is 0 Å². The highest BCUT2D eigenvalue weighted by molar-refractivity contribution is 7.84. The Morgan fingerprint density at radius 1 is 1.44 bits per heavy atom. The van der Waals surface area contributed by atoms with Gasteiger partial charge >= 0.3 is 0 Å². The molecule has 5 heteroatoms. The first-order valence-electron chi connectivity index (χ1n) is 5.40. The van der Waals surface area contributed by atoms with Gasteiger partial charge in [0.1, 0.15) is 0 Å². The number of aryl methyl sites for hydroxylation is 2. The molecule has 1 N–H and O–H groups in total. The molecule has 0 aliphatic heterocycles. The van der Waals surface area contributed by atoms with E-state index in [-0.39, 0.29) is 12.1 Å². The van der Waals surface area contributed by atoms with Gasteiger partial charge in [0.2, 0.25) is 0 Å². The average molecular weight is 260 g/mol. The molecule has 0 saturated carbocycles. The maximum atomic E-state index is 11.1. The highest BCUT2D eigenvalue weighted by Gasteiger charge is 2.15. The fourth-order valence-corrected chi connectivity index (χ4v) is 3.57. The minimum atomic E-state index is -0.749. The van der Waals surface area contributed by atoms with Gasteiger partial charge in [0.05, 0.1) is 10.7 Å². The lowest BCUT2D eigenvalue weighted by Gasteiger charge is -2.18. The van der Waals surface area contributed by atoms with Gasteiger partial charge in [-0.25, -0.2) is 4.98 Å². The van der Waals surface area contributed by atoms with E-state index >= 15 is 0 Å². The van der Waals surface area contributed by atoms with Crippen molar-refractivity contribution in [2.75, 3.05) is 12.0 Å². The van der Waals surface area contributed by atoms with Gasteiger partial charge in [-0.1, -0.05) is 0 Å². The quantitative estimate of drug-likeness (QED) is 0.882. The number of rotatable bonds is 5. The lowest BCUT2D eigenvalue weighted by Crippen LogP contribution is -2.33. The Labute approximate surface area is 104 Å². The van der Waals surface area contributed by atoms with Gasteiger partial charge in [-0.15, -0.1) is 11.3 Å². The molecule has 1 heterocycles. The monoisotopic (exact) mass is 260 g/mol. The van der Waals surface area contributed by atoms with Crippen LogP contribution in [0, 0.1) is 13.8 Å². The summed E-state index contributed by atoms with van der Waals surface area (Å²) in [6, 6.07) is 0.478. The van der Waals surface area contributed by atoms with Gasteiger partial charge in [0.15, 0.2) is 0 Å². The Bertz CT molecular complexity index is 376. The molecule has 0 radical (unpaired) electrons. The first-order chi connectivity index (χ1) is 7.40. The fraction of sp³-hybridized carbons (Fsp3) is 0.727. The van der Waals surface area contributed by atoms with Crippen LogP contribution in [0.4, 0.5) is 0 Å². The van der Waals surface area contributed by atoms with Crippen LogP contribution in [0.15, 0.2) is 0 Å². The predicted octanol–water partition coefficient (Wildman–Crippen LogP) is 2.18. The highest BCUT2D eigenvalue weighted by atomic mass is 32.2. The molecule has 3 atom stereocenters.